The van der Waals surface area contributed by atoms with Gasteiger partial charge in [-0.25, -0.2) is 9.97 Å². The van der Waals surface area contributed by atoms with Gasteiger partial charge in [0.05, 0.1) is 60.0 Å². The Morgan fingerprint density at radius 2 is 1.60 bits per heavy atom. The number of hydrogen-bond donors (Lipinski definition) is 8. The fourth-order valence-corrected chi connectivity index (χ4v) is 11.1. The number of ether oxygens (including phenoxy) is 4. The second kappa shape index (κ2) is 22.3. The zero-order valence-electron chi connectivity index (χ0n) is 44.4. The lowest BCUT2D eigenvalue weighted by atomic mass is 9.73. The normalized spacial score (nSPS) is 20.9. The number of phenolic OH excluding ortho intramolecular Hbond substituents is 4. The Morgan fingerprint density at radius 1 is 0.863 bits per heavy atom. The van der Waals surface area contributed by atoms with Crippen LogP contribution in [0.3, 0.4) is 0 Å². The molecule has 4 aliphatic rings. The lowest BCUT2D eigenvalue weighted by molar-refractivity contribution is -0.245. The molecule has 0 saturated carbocycles. The molecular formula is C57H60N8O15. The Morgan fingerprint density at radius 3 is 2.27 bits per heavy atom. The van der Waals surface area contributed by atoms with Gasteiger partial charge < -0.3 is 65.1 Å². The average molecular weight is 1100 g/mol. The number of amides is 2. The molecule has 2 aromatic heterocycles. The largest absolute Gasteiger partial charge is 0.508 e. The minimum Gasteiger partial charge on any atom is -0.508 e. The third kappa shape index (κ3) is 10.1. The number of rotatable bonds is 15. The predicted octanol–water partition coefficient (Wildman–Crippen LogP) is 4.73. The Labute approximate surface area is 458 Å². The highest BCUT2D eigenvalue weighted by Crippen LogP contribution is 2.52. The first-order valence-electron chi connectivity index (χ1n) is 26.3. The summed E-state index contributed by atoms with van der Waals surface area (Å²) in [4.78, 5) is 78.8. The van der Waals surface area contributed by atoms with Crippen LogP contribution in [-0.4, -0.2) is 149 Å². The van der Waals surface area contributed by atoms with E-state index in [0.717, 1.165) is 0 Å². The van der Waals surface area contributed by atoms with Crippen LogP contribution >= 0.6 is 0 Å². The van der Waals surface area contributed by atoms with E-state index in [1.807, 2.05) is 18.7 Å². The van der Waals surface area contributed by atoms with E-state index >= 15 is 0 Å². The van der Waals surface area contributed by atoms with Crippen LogP contribution in [0.5, 0.6) is 34.5 Å². The van der Waals surface area contributed by atoms with Gasteiger partial charge in [-0.15, -0.1) is 10.2 Å². The van der Waals surface area contributed by atoms with Gasteiger partial charge in [-0.3, -0.25) is 28.5 Å². The molecule has 6 aromatic rings. The second-order valence-corrected chi connectivity index (χ2v) is 20.5. The number of aliphatic hydroxyl groups is 2. The third-order valence-electron chi connectivity index (χ3n) is 15.2. The van der Waals surface area contributed by atoms with E-state index in [-0.39, 0.29) is 93.7 Å². The maximum Gasteiger partial charge on any atom is 0.289 e. The summed E-state index contributed by atoms with van der Waals surface area (Å²) in [6.07, 6.45) is -1.12. The van der Waals surface area contributed by atoms with Crippen molar-refractivity contribution in [3.63, 3.8) is 0 Å². The number of fused-ring (bicyclic) bond motifs is 3. The summed E-state index contributed by atoms with van der Waals surface area (Å²) in [5.74, 6) is -4.36. The third-order valence-corrected chi connectivity index (χ3v) is 15.2. The molecule has 0 spiro atoms. The SMILES string of the molecule is CCNC(=O)c1nnc(-c2cc(C(C)C)c(O)cc2O)n1-c1ccc(OC2CCN(c3cnc(C(=O)NC4CC(OC5CC(C(=O)CO)Cc6c(O)c7c(c(O)c65)C(=O)c5c(OC)cccc5C7=O)OC(C)C4O)cn3)CC2)cc1. The van der Waals surface area contributed by atoms with E-state index in [2.05, 4.69) is 30.8 Å². The van der Waals surface area contributed by atoms with Crippen LogP contribution < -0.4 is 25.0 Å². The maximum absolute atomic E-state index is 14.1. The number of nitrogens with zero attached hydrogens (tertiary/aromatic N) is 6. The van der Waals surface area contributed by atoms with Gasteiger partial charge >= 0.3 is 0 Å². The first-order chi connectivity index (χ1) is 38.4. The van der Waals surface area contributed by atoms with Crippen molar-refractivity contribution >= 4 is 35.0 Å². The van der Waals surface area contributed by atoms with Crippen LogP contribution in [0.25, 0.3) is 17.1 Å². The van der Waals surface area contributed by atoms with Crippen LogP contribution in [0.4, 0.5) is 5.82 Å². The van der Waals surface area contributed by atoms with Gasteiger partial charge in [0.2, 0.25) is 11.6 Å². The summed E-state index contributed by atoms with van der Waals surface area (Å²) in [5, 5.41) is 80.2. The van der Waals surface area contributed by atoms with Gasteiger partial charge in [0.15, 0.2) is 23.7 Å². The van der Waals surface area contributed by atoms with Crippen LogP contribution in [0.2, 0.25) is 0 Å². The van der Waals surface area contributed by atoms with Gasteiger partial charge in [-0.05, 0) is 74.6 Å². The zero-order valence-corrected chi connectivity index (χ0v) is 44.4. The summed E-state index contributed by atoms with van der Waals surface area (Å²) >= 11 is 0. The lowest BCUT2D eigenvalue weighted by Crippen LogP contribution is -2.55. The van der Waals surface area contributed by atoms with Crippen LogP contribution in [0.15, 0.2) is 67.0 Å². The fourth-order valence-electron chi connectivity index (χ4n) is 11.1. The number of phenols is 4. The summed E-state index contributed by atoms with van der Waals surface area (Å²) in [6.45, 7) is 7.80. The number of aromatic hydroxyl groups is 4. The summed E-state index contributed by atoms with van der Waals surface area (Å²) in [7, 11) is 1.33. The Balaban J connectivity index is 0.785. The molecule has 4 aromatic carbocycles. The monoisotopic (exact) mass is 1100 g/mol. The van der Waals surface area contributed by atoms with Gasteiger partial charge in [0, 0.05) is 73.3 Å². The molecule has 0 radical (unpaired) electrons. The van der Waals surface area contributed by atoms with E-state index in [9.17, 15) is 54.6 Å². The molecule has 10 rings (SSSR count). The number of aliphatic hydroxyl groups excluding tert-OH is 2. The minimum absolute atomic E-state index is 0.00518. The molecule has 2 aliphatic carbocycles. The van der Waals surface area contributed by atoms with Crippen molar-refractivity contribution in [3.05, 3.63) is 117 Å². The highest BCUT2D eigenvalue weighted by Gasteiger charge is 2.46. The molecule has 418 valence electrons. The van der Waals surface area contributed by atoms with Gasteiger partial charge in [0.25, 0.3) is 11.8 Å². The summed E-state index contributed by atoms with van der Waals surface area (Å²) in [5.41, 5.74) is 0.283. The van der Waals surface area contributed by atoms with Crippen molar-refractivity contribution in [2.45, 2.75) is 102 Å². The molecule has 23 heteroatoms. The van der Waals surface area contributed by atoms with Crippen molar-refractivity contribution < 1.29 is 73.6 Å². The number of anilines is 1. The highest BCUT2D eigenvalue weighted by atomic mass is 16.7. The number of carbonyl (C=O) groups is 5. The zero-order chi connectivity index (χ0) is 56.8. The van der Waals surface area contributed by atoms with Crippen molar-refractivity contribution in [2.75, 3.05) is 38.3 Å². The summed E-state index contributed by atoms with van der Waals surface area (Å²) < 4.78 is 25.8. The quantitative estimate of drug-likeness (QED) is 0.0644. The number of piperidine rings is 1. The molecule has 8 N–H and O–H groups in total. The molecule has 2 amide bonds. The number of ketones is 3. The molecular weight excluding hydrogens is 1040 g/mol. The maximum atomic E-state index is 14.1. The lowest BCUT2D eigenvalue weighted by Gasteiger charge is -2.41. The highest BCUT2D eigenvalue weighted by molar-refractivity contribution is 6.31. The molecule has 23 nitrogen and oxygen atoms in total. The molecule has 2 saturated heterocycles. The number of aromatic nitrogens is 5. The standard InChI is InChI=1S/C57H60N8O15/c1-6-58-57(76)55-63-62-54(34-20-33(26(2)3)38(67)22-39(34)68)65(55)29-10-12-30(13-11-29)79-31-14-16-64(17-15-31)43-24-59-37(23-60-43)56(75)61-36-21-44(78-27(4)49(36)70)80-42-19-28(40(69)25-66)18-35-46(42)53(74)48-47(51(35)72)50(71)32-8-7-9-41(77-5)45(32)52(48)73/h7-13,20,22-24,26-28,31,36,42,44,49,66-68,70,72,74H,6,14-19,21,25H2,1-5H3,(H,58,76)(H,61,75). The minimum atomic E-state index is -1.24. The van der Waals surface area contributed by atoms with E-state index in [1.54, 1.807) is 48.7 Å². The molecule has 2 fully saturated rings. The van der Waals surface area contributed by atoms with Crippen LogP contribution in [-0.2, 0) is 20.7 Å². The van der Waals surface area contributed by atoms with Crippen molar-refractivity contribution in [1.29, 1.82) is 0 Å². The summed E-state index contributed by atoms with van der Waals surface area (Å²) in [6, 6.07) is 13.4. The topological polar surface area (TPSA) is 327 Å². The Hall–Kier alpha value is -8.51. The van der Waals surface area contributed by atoms with E-state index < -0.39 is 95.0 Å². The molecule has 4 heterocycles. The number of carbonyl (C=O) groups excluding carboxylic acids is 5. The molecule has 0 bridgehead atoms. The van der Waals surface area contributed by atoms with Crippen LogP contribution in [0, 0.1) is 5.92 Å². The number of hydrogen-bond acceptors (Lipinski definition) is 20. The van der Waals surface area contributed by atoms with Crippen molar-refractivity contribution in [1.82, 2.24) is 35.4 Å². The number of methoxy groups -OCH3 is 1. The van der Waals surface area contributed by atoms with Crippen molar-refractivity contribution in [2.24, 2.45) is 5.92 Å². The van der Waals surface area contributed by atoms with Crippen LogP contribution in [0.1, 0.15) is 135 Å². The second-order valence-electron chi connectivity index (χ2n) is 20.5. The Kier molecular flexibility index (Phi) is 15.3. The molecule has 6 atom stereocenters. The first-order valence-corrected chi connectivity index (χ1v) is 26.3. The first kappa shape index (κ1) is 54.8. The van der Waals surface area contributed by atoms with E-state index in [1.165, 1.54) is 43.8 Å². The number of benzene rings is 4. The van der Waals surface area contributed by atoms with Crippen molar-refractivity contribution in [3.8, 4) is 51.6 Å². The van der Waals surface area contributed by atoms with E-state index in [4.69, 9.17) is 18.9 Å². The number of nitrogens with one attached hydrogen (secondary N) is 2. The Bertz CT molecular complexity index is 3410. The predicted molar refractivity (Wildman–Crippen MR) is 284 cm³/mol. The fraction of sp³-hybridized carbons (Fsp3) is 0.386. The molecule has 80 heavy (non-hydrogen) atoms. The molecule has 6 unspecified atom stereocenters. The number of Topliss-reactive ketones (excluding diaryl/α,β-unsaturated/α-hetero) is 1. The average Bonchev–Trinajstić information content (AvgIpc) is 4.04. The van der Waals surface area contributed by atoms with Gasteiger partial charge in [-0.1, -0.05) is 26.0 Å². The van der Waals surface area contributed by atoms with E-state index in [0.29, 0.717) is 55.3 Å². The van der Waals surface area contributed by atoms with Gasteiger partial charge in [0.1, 0.15) is 64.8 Å². The molecule has 2 aliphatic heterocycles. The smallest absolute Gasteiger partial charge is 0.289 e. The van der Waals surface area contributed by atoms with Gasteiger partial charge in [-0.2, -0.15) is 0 Å².